The predicted octanol–water partition coefficient (Wildman–Crippen LogP) is 4.21. The number of anilines is 2. The lowest BCUT2D eigenvalue weighted by Crippen LogP contribution is -2.34. The molecule has 0 bridgehead atoms. The number of amidine groups is 1. The third-order valence-electron chi connectivity index (χ3n) is 4.31. The Morgan fingerprint density at radius 1 is 1.25 bits per heavy atom. The zero-order valence-corrected chi connectivity index (χ0v) is 15.8. The van der Waals surface area contributed by atoms with E-state index in [2.05, 4.69) is 9.98 Å². The van der Waals surface area contributed by atoms with E-state index >= 15 is 0 Å². The number of pyridine rings is 1. The smallest absolute Gasteiger partial charge is 0.314 e. The first-order valence-corrected chi connectivity index (χ1v) is 8.78. The molecule has 3 rings (SSSR count). The summed E-state index contributed by atoms with van der Waals surface area (Å²) < 4.78 is 38.9. The van der Waals surface area contributed by atoms with Crippen molar-refractivity contribution in [3.8, 4) is 0 Å². The number of hydroxylamine groups is 1. The van der Waals surface area contributed by atoms with E-state index in [0.29, 0.717) is 23.8 Å². The summed E-state index contributed by atoms with van der Waals surface area (Å²) in [5, 5.41) is 1.61. The molecule has 1 aromatic carbocycles. The van der Waals surface area contributed by atoms with Gasteiger partial charge in [-0.3, -0.25) is 4.99 Å². The lowest BCUT2D eigenvalue weighted by molar-refractivity contribution is -0.282. The number of para-hydroxylation sites is 1. The van der Waals surface area contributed by atoms with Crippen molar-refractivity contribution in [1.29, 1.82) is 0 Å². The predicted molar refractivity (Wildman–Crippen MR) is 100 cm³/mol. The fourth-order valence-electron chi connectivity index (χ4n) is 3.08. The van der Waals surface area contributed by atoms with Crippen LogP contribution in [0.25, 0.3) is 0 Å². The minimum atomic E-state index is -4.44. The van der Waals surface area contributed by atoms with E-state index in [-0.39, 0.29) is 6.54 Å². The van der Waals surface area contributed by atoms with Crippen LogP contribution < -0.4 is 9.96 Å². The zero-order chi connectivity index (χ0) is 20.3. The largest absolute Gasteiger partial charge is 0.417 e. The Morgan fingerprint density at radius 2 is 2.00 bits per heavy atom. The lowest BCUT2D eigenvalue weighted by Gasteiger charge is -2.30. The van der Waals surface area contributed by atoms with Crippen LogP contribution in [-0.4, -0.2) is 31.5 Å². The van der Waals surface area contributed by atoms with Gasteiger partial charge in [0.1, 0.15) is 11.7 Å². The number of hydrogen-bond acceptors (Lipinski definition) is 6. The van der Waals surface area contributed by atoms with Crippen LogP contribution in [0.15, 0.2) is 41.5 Å². The second kappa shape index (κ2) is 8.15. The highest BCUT2D eigenvalue weighted by Gasteiger charge is 2.33. The van der Waals surface area contributed by atoms with Crippen molar-refractivity contribution in [3.63, 3.8) is 0 Å². The monoisotopic (exact) mass is 394 g/mol. The van der Waals surface area contributed by atoms with Gasteiger partial charge in [0.15, 0.2) is 0 Å². The molecule has 0 N–H and O–H groups in total. The molecule has 0 unspecified atom stereocenters. The molecule has 0 aliphatic carbocycles. The molecule has 1 aliphatic heterocycles. The molecule has 0 spiro atoms. The van der Waals surface area contributed by atoms with E-state index in [9.17, 15) is 13.2 Å². The first-order chi connectivity index (χ1) is 13.4. The number of benzene rings is 1. The number of halogens is 3. The van der Waals surface area contributed by atoms with Crippen LogP contribution >= 0.6 is 0 Å². The van der Waals surface area contributed by atoms with Crippen LogP contribution in [0.3, 0.4) is 0 Å². The summed E-state index contributed by atoms with van der Waals surface area (Å²) in [5.41, 5.74) is 1.16. The number of alkyl halides is 3. The maximum absolute atomic E-state index is 13.0. The molecule has 9 heteroatoms. The summed E-state index contributed by atoms with van der Waals surface area (Å²) >= 11 is 0. The van der Waals surface area contributed by atoms with E-state index in [1.54, 1.807) is 17.0 Å². The molecule has 0 saturated carbocycles. The van der Waals surface area contributed by atoms with Gasteiger partial charge in [0.05, 0.1) is 24.9 Å². The molecule has 6 nitrogen and oxygen atoms in total. The molecular weight excluding hydrogens is 373 g/mol. The topological polar surface area (TPSA) is 50.2 Å². The highest BCUT2D eigenvalue weighted by atomic mass is 19.4. The highest BCUT2D eigenvalue weighted by Crippen LogP contribution is 2.34. The van der Waals surface area contributed by atoms with Crippen molar-refractivity contribution in [2.75, 3.05) is 30.7 Å². The molecular formula is C19H21F3N4O2. The normalized spacial score (nSPS) is 13.9. The highest BCUT2D eigenvalue weighted by molar-refractivity contribution is 6.13. The van der Waals surface area contributed by atoms with Crippen molar-refractivity contribution < 1.29 is 23.0 Å². The van der Waals surface area contributed by atoms with Gasteiger partial charge in [-0.25, -0.2) is 14.9 Å². The average molecular weight is 394 g/mol. The fourth-order valence-corrected chi connectivity index (χ4v) is 3.08. The summed E-state index contributed by atoms with van der Waals surface area (Å²) in [6, 6.07) is 8.58. The van der Waals surface area contributed by atoms with Crippen LogP contribution in [0.2, 0.25) is 0 Å². The van der Waals surface area contributed by atoms with Gasteiger partial charge in [-0.2, -0.15) is 13.2 Å². The number of nitrogens with zero attached hydrogens (tertiary/aromatic N) is 4. The Balaban J connectivity index is 1.99. The van der Waals surface area contributed by atoms with Crippen molar-refractivity contribution in [2.45, 2.75) is 26.1 Å². The van der Waals surface area contributed by atoms with E-state index in [4.69, 9.17) is 9.88 Å². The minimum absolute atomic E-state index is 0.110. The van der Waals surface area contributed by atoms with E-state index in [1.165, 1.54) is 7.11 Å². The van der Waals surface area contributed by atoms with Gasteiger partial charge in [0.2, 0.25) is 0 Å². The van der Waals surface area contributed by atoms with Crippen LogP contribution in [0.1, 0.15) is 30.0 Å². The lowest BCUT2D eigenvalue weighted by atomic mass is 10.1. The molecule has 2 aromatic rings. The van der Waals surface area contributed by atoms with Crippen molar-refractivity contribution >= 4 is 17.3 Å². The number of aliphatic imine (C=N–C) groups is 1. The Hall–Kier alpha value is -2.65. The van der Waals surface area contributed by atoms with Gasteiger partial charge in [-0.05, 0) is 24.6 Å². The summed E-state index contributed by atoms with van der Waals surface area (Å²) in [6.45, 7) is 2.71. The van der Waals surface area contributed by atoms with Crippen molar-refractivity contribution in [3.05, 3.63) is 53.2 Å². The van der Waals surface area contributed by atoms with E-state index < -0.39 is 11.7 Å². The van der Waals surface area contributed by atoms with E-state index in [1.807, 2.05) is 31.2 Å². The van der Waals surface area contributed by atoms with Gasteiger partial charge >= 0.3 is 6.18 Å². The van der Waals surface area contributed by atoms with Crippen molar-refractivity contribution in [1.82, 2.24) is 4.98 Å². The summed E-state index contributed by atoms with van der Waals surface area (Å²) in [5.74, 6) is 1.04. The summed E-state index contributed by atoms with van der Waals surface area (Å²) in [6.07, 6.45) is -2.76. The Morgan fingerprint density at radius 3 is 2.68 bits per heavy atom. The molecule has 28 heavy (non-hydrogen) atoms. The summed E-state index contributed by atoms with van der Waals surface area (Å²) in [7, 11) is 3.16. The zero-order valence-electron chi connectivity index (χ0n) is 15.8. The third kappa shape index (κ3) is 3.95. The average Bonchev–Trinajstić information content (AvgIpc) is 2.67. The maximum atomic E-state index is 13.0. The van der Waals surface area contributed by atoms with E-state index in [0.717, 1.165) is 29.9 Å². The third-order valence-corrected chi connectivity index (χ3v) is 4.31. The number of fused-ring (bicyclic) bond motifs is 1. The standard InChI is InChI=1S/C19H21F3N4O2/c1-4-9-26(28-27-3)16-8-6-5-7-15(16)18-23-11-13-10-14(19(20,21)22)12-24-17(13)25(18)2/h5-8,10,12H,4,9,11H2,1-3H3. The fraction of sp³-hybridized carbons (Fsp3) is 0.368. The molecule has 1 aliphatic rings. The molecule has 0 radical (unpaired) electrons. The maximum Gasteiger partial charge on any atom is 0.417 e. The first-order valence-electron chi connectivity index (χ1n) is 8.78. The molecule has 0 atom stereocenters. The van der Waals surface area contributed by atoms with Crippen LogP contribution in [0.5, 0.6) is 0 Å². The molecule has 2 heterocycles. The SMILES string of the molecule is CCCN(OOC)c1ccccc1C1=NCc2cc(C(F)(F)F)cnc2N1C. The molecule has 0 saturated heterocycles. The Bertz CT molecular complexity index is 864. The Labute approximate surface area is 161 Å². The van der Waals surface area contributed by atoms with Crippen LogP contribution in [0.4, 0.5) is 24.7 Å². The van der Waals surface area contributed by atoms with Gasteiger partial charge in [-0.1, -0.05) is 19.1 Å². The van der Waals surface area contributed by atoms with Gasteiger partial charge in [0.25, 0.3) is 0 Å². The Kier molecular flexibility index (Phi) is 5.85. The summed E-state index contributed by atoms with van der Waals surface area (Å²) in [4.78, 5) is 20.4. The molecule has 150 valence electrons. The van der Waals surface area contributed by atoms with Crippen LogP contribution in [-0.2, 0) is 22.6 Å². The molecule has 0 amide bonds. The van der Waals surface area contributed by atoms with Gasteiger partial charge in [0, 0.05) is 30.9 Å². The number of rotatable bonds is 6. The second-order valence-corrected chi connectivity index (χ2v) is 6.26. The first kappa shape index (κ1) is 20.1. The van der Waals surface area contributed by atoms with Gasteiger partial charge < -0.3 is 4.90 Å². The van der Waals surface area contributed by atoms with Gasteiger partial charge in [-0.15, -0.1) is 4.99 Å². The minimum Gasteiger partial charge on any atom is -0.314 e. The molecule has 1 aromatic heterocycles. The number of hydrogen-bond donors (Lipinski definition) is 0. The quantitative estimate of drug-likeness (QED) is 0.543. The van der Waals surface area contributed by atoms with Crippen molar-refractivity contribution in [2.24, 2.45) is 4.99 Å². The number of aromatic nitrogens is 1. The molecule has 0 fully saturated rings. The second-order valence-electron chi connectivity index (χ2n) is 6.26. The van der Waals surface area contributed by atoms with Crippen LogP contribution in [0, 0.1) is 0 Å².